The van der Waals surface area contributed by atoms with Crippen molar-refractivity contribution < 1.29 is 4.79 Å². The number of rotatable bonds is 6. The molecule has 4 aromatic rings. The van der Waals surface area contributed by atoms with Crippen LogP contribution in [0.4, 0.5) is 5.69 Å². The molecule has 0 unspecified atom stereocenters. The Bertz CT molecular complexity index is 1160. The van der Waals surface area contributed by atoms with E-state index in [4.69, 9.17) is 0 Å². The SMILES string of the molecule is Cc1ccc(-n2nc(C)c(NC(=O)CN(C)Cc3nc4ccccc4s3)c2C)cc1. The van der Waals surface area contributed by atoms with Crippen molar-refractivity contribution in [1.29, 1.82) is 0 Å². The maximum Gasteiger partial charge on any atom is 0.238 e. The number of carbonyl (C=O) groups is 1. The summed E-state index contributed by atoms with van der Waals surface area (Å²) in [6.45, 7) is 6.86. The fourth-order valence-electron chi connectivity index (χ4n) is 3.46. The van der Waals surface area contributed by atoms with Gasteiger partial charge in [-0.15, -0.1) is 11.3 Å². The van der Waals surface area contributed by atoms with Crippen molar-refractivity contribution in [3.8, 4) is 5.69 Å². The number of benzene rings is 2. The van der Waals surface area contributed by atoms with Gasteiger partial charge in [0.05, 0.1) is 46.1 Å². The van der Waals surface area contributed by atoms with E-state index in [1.54, 1.807) is 11.3 Å². The van der Waals surface area contributed by atoms with Gasteiger partial charge in [0.15, 0.2) is 0 Å². The molecule has 1 amide bonds. The minimum Gasteiger partial charge on any atom is -0.322 e. The number of carbonyl (C=O) groups excluding carboxylic acids is 1. The van der Waals surface area contributed by atoms with Crippen molar-refractivity contribution in [3.63, 3.8) is 0 Å². The van der Waals surface area contributed by atoms with Gasteiger partial charge >= 0.3 is 0 Å². The number of hydrogen-bond donors (Lipinski definition) is 1. The van der Waals surface area contributed by atoms with Crippen molar-refractivity contribution in [1.82, 2.24) is 19.7 Å². The topological polar surface area (TPSA) is 63.1 Å². The van der Waals surface area contributed by atoms with Crippen LogP contribution in [-0.4, -0.2) is 39.2 Å². The van der Waals surface area contributed by atoms with Crippen molar-refractivity contribution in [2.45, 2.75) is 27.3 Å². The molecule has 4 rings (SSSR count). The van der Waals surface area contributed by atoms with Crippen molar-refractivity contribution in [3.05, 3.63) is 70.5 Å². The number of likely N-dealkylation sites (N-methyl/N-ethyl adjacent to an activating group) is 1. The summed E-state index contributed by atoms with van der Waals surface area (Å²) in [5.74, 6) is -0.0618. The highest BCUT2D eigenvalue weighted by molar-refractivity contribution is 7.18. The molecule has 0 bridgehead atoms. The van der Waals surface area contributed by atoms with Gasteiger partial charge in [-0.2, -0.15) is 5.10 Å². The predicted octanol–water partition coefficient (Wildman–Crippen LogP) is 4.48. The van der Waals surface area contributed by atoms with Crippen LogP contribution < -0.4 is 5.32 Å². The molecule has 0 saturated carbocycles. The molecule has 2 heterocycles. The fraction of sp³-hybridized carbons (Fsp3) is 0.261. The van der Waals surface area contributed by atoms with Crippen LogP contribution in [0.2, 0.25) is 0 Å². The van der Waals surface area contributed by atoms with Crippen LogP contribution in [0.3, 0.4) is 0 Å². The smallest absolute Gasteiger partial charge is 0.238 e. The second-order valence-electron chi connectivity index (χ2n) is 7.59. The predicted molar refractivity (Wildman–Crippen MR) is 122 cm³/mol. The van der Waals surface area contributed by atoms with E-state index < -0.39 is 0 Å². The summed E-state index contributed by atoms with van der Waals surface area (Å²) in [6, 6.07) is 16.3. The van der Waals surface area contributed by atoms with Gasteiger partial charge in [0.1, 0.15) is 5.01 Å². The van der Waals surface area contributed by atoms with Crippen molar-refractivity contribution >= 4 is 33.1 Å². The standard InChI is InChI=1S/C23H25N5OS/c1-15-9-11-18(12-10-15)28-17(3)23(16(2)26-28)25-21(29)13-27(4)14-22-24-19-7-5-6-8-20(19)30-22/h5-12H,13-14H2,1-4H3,(H,25,29). The molecule has 0 radical (unpaired) electrons. The number of aryl methyl sites for hydroxylation is 2. The van der Waals surface area contributed by atoms with Crippen LogP contribution in [0.5, 0.6) is 0 Å². The number of nitrogens with zero attached hydrogens (tertiary/aromatic N) is 4. The molecule has 0 spiro atoms. The number of para-hydroxylation sites is 1. The van der Waals surface area contributed by atoms with E-state index in [2.05, 4.69) is 40.5 Å². The normalized spacial score (nSPS) is 11.4. The molecule has 0 fully saturated rings. The number of nitrogens with one attached hydrogen (secondary N) is 1. The quantitative estimate of drug-likeness (QED) is 0.501. The van der Waals surface area contributed by atoms with Gasteiger partial charge in [-0.3, -0.25) is 9.69 Å². The molecule has 7 heteroatoms. The second kappa shape index (κ2) is 8.38. The second-order valence-corrected chi connectivity index (χ2v) is 8.70. The van der Waals surface area contributed by atoms with Crippen LogP contribution in [0, 0.1) is 20.8 Å². The number of aromatic nitrogens is 3. The number of fused-ring (bicyclic) bond motifs is 1. The summed E-state index contributed by atoms with van der Waals surface area (Å²) < 4.78 is 3.04. The first kappa shape index (κ1) is 20.3. The third kappa shape index (κ3) is 4.27. The molecule has 0 aliphatic heterocycles. The highest BCUT2D eigenvalue weighted by Crippen LogP contribution is 2.24. The molecular weight excluding hydrogens is 394 g/mol. The van der Waals surface area contributed by atoms with E-state index in [9.17, 15) is 4.79 Å². The first-order valence-electron chi connectivity index (χ1n) is 9.87. The summed E-state index contributed by atoms with van der Waals surface area (Å²) in [5, 5.41) is 8.66. The monoisotopic (exact) mass is 419 g/mol. The minimum absolute atomic E-state index is 0.0618. The molecule has 1 N–H and O–H groups in total. The first-order chi connectivity index (χ1) is 14.4. The van der Waals surface area contributed by atoms with Crippen LogP contribution in [0.25, 0.3) is 15.9 Å². The summed E-state index contributed by atoms with van der Waals surface area (Å²) >= 11 is 1.67. The van der Waals surface area contributed by atoms with E-state index in [0.29, 0.717) is 6.54 Å². The summed E-state index contributed by atoms with van der Waals surface area (Å²) in [4.78, 5) is 19.3. The molecule has 0 aliphatic carbocycles. The lowest BCUT2D eigenvalue weighted by Crippen LogP contribution is -2.30. The van der Waals surface area contributed by atoms with E-state index in [1.165, 1.54) is 10.3 Å². The number of hydrogen-bond acceptors (Lipinski definition) is 5. The lowest BCUT2D eigenvalue weighted by molar-refractivity contribution is -0.117. The Hall–Kier alpha value is -3.03. The summed E-state index contributed by atoms with van der Waals surface area (Å²) in [6.07, 6.45) is 0. The van der Waals surface area contributed by atoms with E-state index in [-0.39, 0.29) is 12.5 Å². The summed E-state index contributed by atoms with van der Waals surface area (Å²) in [5.41, 5.74) is 5.67. The molecule has 0 saturated heterocycles. The zero-order chi connectivity index (χ0) is 21.3. The molecular formula is C23H25N5OS. The molecule has 0 atom stereocenters. The minimum atomic E-state index is -0.0618. The van der Waals surface area contributed by atoms with Crippen molar-refractivity contribution in [2.24, 2.45) is 0 Å². The van der Waals surface area contributed by atoms with E-state index >= 15 is 0 Å². The number of thiazole rings is 1. The average molecular weight is 420 g/mol. The van der Waals surface area contributed by atoms with Gasteiger partial charge in [0.2, 0.25) is 5.91 Å². The van der Waals surface area contributed by atoms with Gasteiger partial charge in [0.25, 0.3) is 0 Å². The van der Waals surface area contributed by atoms with Crippen LogP contribution in [0.15, 0.2) is 48.5 Å². The first-order valence-corrected chi connectivity index (χ1v) is 10.7. The number of amides is 1. The Morgan fingerprint density at radius 1 is 1.10 bits per heavy atom. The van der Waals surface area contributed by atoms with Crippen LogP contribution >= 0.6 is 11.3 Å². The van der Waals surface area contributed by atoms with Gasteiger partial charge < -0.3 is 5.32 Å². The average Bonchev–Trinajstić information content (AvgIpc) is 3.23. The largest absolute Gasteiger partial charge is 0.322 e. The van der Waals surface area contributed by atoms with Gasteiger partial charge in [-0.25, -0.2) is 9.67 Å². The lowest BCUT2D eigenvalue weighted by atomic mass is 10.2. The third-order valence-electron chi connectivity index (χ3n) is 4.99. The number of anilines is 1. The van der Waals surface area contributed by atoms with E-state index in [0.717, 1.165) is 33.3 Å². The Balaban J connectivity index is 1.42. The zero-order valence-electron chi connectivity index (χ0n) is 17.6. The summed E-state index contributed by atoms with van der Waals surface area (Å²) in [7, 11) is 1.93. The lowest BCUT2D eigenvalue weighted by Gasteiger charge is -2.15. The zero-order valence-corrected chi connectivity index (χ0v) is 18.5. The van der Waals surface area contributed by atoms with Crippen molar-refractivity contribution in [2.75, 3.05) is 18.9 Å². The molecule has 6 nitrogen and oxygen atoms in total. The maximum atomic E-state index is 12.7. The third-order valence-corrected chi connectivity index (χ3v) is 6.01. The molecule has 2 aromatic carbocycles. The molecule has 154 valence electrons. The van der Waals surface area contributed by atoms with Crippen LogP contribution in [0.1, 0.15) is 22.0 Å². The molecule has 2 aromatic heterocycles. The Morgan fingerprint density at radius 2 is 1.83 bits per heavy atom. The van der Waals surface area contributed by atoms with Gasteiger partial charge in [0, 0.05) is 0 Å². The van der Waals surface area contributed by atoms with E-state index in [1.807, 2.05) is 60.8 Å². The van der Waals surface area contributed by atoms with Crippen LogP contribution in [-0.2, 0) is 11.3 Å². The molecule has 30 heavy (non-hydrogen) atoms. The highest BCUT2D eigenvalue weighted by atomic mass is 32.1. The Morgan fingerprint density at radius 3 is 2.57 bits per heavy atom. The molecule has 0 aliphatic rings. The Labute approximate surface area is 180 Å². The van der Waals surface area contributed by atoms with Gasteiger partial charge in [-0.1, -0.05) is 29.8 Å². The maximum absolute atomic E-state index is 12.7. The Kier molecular flexibility index (Phi) is 5.65. The van der Waals surface area contributed by atoms with Gasteiger partial charge in [-0.05, 0) is 52.1 Å². The highest BCUT2D eigenvalue weighted by Gasteiger charge is 2.17. The fourth-order valence-corrected chi connectivity index (χ4v) is 4.51.